The number of pyridine rings is 1. The minimum Gasteiger partial charge on any atom is -0.343 e. The van der Waals surface area contributed by atoms with Crippen molar-refractivity contribution >= 4 is 11.9 Å². The molecular formula is C15H13F9N6. The zero-order valence-corrected chi connectivity index (χ0v) is 15.1. The maximum atomic E-state index is 12.9. The molecule has 0 fully saturated rings. The Morgan fingerprint density at radius 2 is 1.17 bits per heavy atom. The third-order valence-electron chi connectivity index (χ3n) is 3.58. The molecule has 2 aromatic heterocycles. The van der Waals surface area contributed by atoms with Gasteiger partial charge in [-0.25, -0.2) is 4.98 Å². The fourth-order valence-electron chi connectivity index (χ4n) is 1.89. The van der Waals surface area contributed by atoms with Crippen molar-refractivity contribution in [1.29, 1.82) is 0 Å². The molecule has 15 heteroatoms. The second kappa shape index (κ2) is 8.10. The monoisotopic (exact) mass is 448 g/mol. The van der Waals surface area contributed by atoms with E-state index in [9.17, 15) is 39.5 Å². The standard InChI is InChI=1S/C15H13F9N6/c1-6(13(16,17)18)25-11-28-10(8-4-3-5-9(27-8)15(22,23)24)29-12(30-11)26-7(2)14(19,20)21/h3-7H,1-2H3,(H2,25,26,28,29,30). The van der Waals surface area contributed by atoms with Crippen molar-refractivity contribution in [2.24, 2.45) is 0 Å². The van der Waals surface area contributed by atoms with Crippen LogP contribution in [0.3, 0.4) is 0 Å². The Morgan fingerprint density at radius 3 is 1.57 bits per heavy atom. The van der Waals surface area contributed by atoms with E-state index in [1.807, 2.05) is 10.6 Å². The van der Waals surface area contributed by atoms with Crippen molar-refractivity contribution in [3.05, 3.63) is 23.9 Å². The number of alkyl halides is 9. The van der Waals surface area contributed by atoms with Gasteiger partial charge in [-0.05, 0) is 26.0 Å². The average molecular weight is 448 g/mol. The van der Waals surface area contributed by atoms with Crippen LogP contribution in [0.4, 0.5) is 51.4 Å². The van der Waals surface area contributed by atoms with Crippen molar-refractivity contribution in [3.63, 3.8) is 0 Å². The fraction of sp³-hybridized carbons (Fsp3) is 0.467. The van der Waals surface area contributed by atoms with Crippen LogP contribution in [-0.4, -0.2) is 44.4 Å². The molecule has 30 heavy (non-hydrogen) atoms. The molecule has 2 unspecified atom stereocenters. The highest BCUT2D eigenvalue weighted by molar-refractivity contribution is 5.54. The molecule has 166 valence electrons. The van der Waals surface area contributed by atoms with Gasteiger partial charge < -0.3 is 10.6 Å². The Bertz CT molecular complexity index is 838. The van der Waals surface area contributed by atoms with Gasteiger partial charge in [0.15, 0.2) is 5.82 Å². The summed E-state index contributed by atoms with van der Waals surface area (Å²) in [5.74, 6) is -2.27. The third kappa shape index (κ3) is 6.06. The predicted octanol–water partition coefficient (Wildman–Crippen LogP) is 4.68. The van der Waals surface area contributed by atoms with Crippen LogP contribution in [0, 0.1) is 0 Å². The molecule has 0 aliphatic rings. The molecule has 0 aromatic carbocycles. The maximum absolute atomic E-state index is 12.9. The molecule has 0 aliphatic heterocycles. The quantitative estimate of drug-likeness (QED) is 0.648. The van der Waals surface area contributed by atoms with Gasteiger partial charge in [0.25, 0.3) is 0 Å². The summed E-state index contributed by atoms with van der Waals surface area (Å²) in [6.45, 7) is 1.38. The van der Waals surface area contributed by atoms with E-state index in [-0.39, 0.29) is 0 Å². The van der Waals surface area contributed by atoms with E-state index in [0.29, 0.717) is 19.9 Å². The predicted molar refractivity (Wildman–Crippen MR) is 86.3 cm³/mol. The largest absolute Gasteiger partial charge is 0.433 e. The van der Waals surface area contributed by atoms with Gasteiger partial charge in [0.2, 0.25) is 11.9 Å². The number of nitrogens with one attached hydrogen (secondary N) is 2. The lowest BCUT2D eigenvalue weighted by Crippen LogP contribution is -2.35. The molecule has 0 bridgehead atoms. The van der Waals surface area contributed by atoms with Crippen molar-refractivity contribution in [2.75, 3.05) is 10.6 Å². The van der Waals surface area contributed by atoms with Gasteiger partial charge in [0, 0.05) is 0 Å². The van der Waals surface area contributed by atoms with Crippen LogP contribution in [0.15, 0.2) is 18.2 Å². The van der Waals surface area contributed by atoms with Crippen LogP contribution in [0.25, 0.3) is 11.5 Å². The number of hydrogen-bond acceptors (Lipinski definition) is 6. The molecule has 0 spiro atoms. The summed E-state index contributed by atoms with van der Waals surface area (Å²) >= 11 is 0. The molecule has 2 heterocycles. The molecular weight excluding hydrogens is 435 g/mol. The molecule has 0 amide bonds. The van der Waals surface area contributed by atoms with Gasteiger partial charge in [-0.3, -0.25) is 0 Å². The summed E-state index contributed by atoms with van der Waals surface area (Å²) in [6, 6.07) is -1.85. The highest BCUT2D eigenvalue weighted by Gasteiger charge is 2.38. The first-order valence-electron chi connectivity index (χ1n) is 8.04. The van der Waals surface area contributed by atoms with E-state index in [4.69, 9.17) is 0 Å². The number of nitrogens with zero attached hydrogens (tertiary/aromatic N) is 4. The Morgan fingerprint density at radius 1 is 0.700 bits per heavy atom. The van der Waals surface area contributed by atoms with Crippen LogP contribution in [0.1, 0.15) is 19.5 Å². The summed E-state index contributed by atoms with van der Waals surface area (Å²) in [7, 11) is 0. The van der Waals surface area contributed by atoms with Crippen LogP contribution in [0.5, 0.6) is 0 Å². The Labute approximate surface area is 163 Å². The normalized spacial score (nSPS) is 14.9. The lowest BCUT2D eigenvalue weighted by Gasteiger charge is -2.20. The van der Waals surface area contributed by atoms with Gasteiger partial charge in [-0.2, -0.15) is 54.5 Å². The fourth-order valence-corrected chi connectivity index (χ4v) is 1.89. The van der Waals surface area contributed by atoms with E-state index in [2.05, 4.69) is 19.9 Å². The van der Waals surface area contributed by atoms with E-state index in [1.54, 1.807) is 0 Å². The molecule has 2 aromatic rings. The second-order valence-corrected chi connectivity index (χ2v) is 6.03. The third-order valence-corrected chi connectivity index (χ3v) is 3.58. The molecule has 2 rings (SSSR count). The van der Waals surface area contributed by atoms with Crippen LogP contribution >= 0.6 is 0 Å². The Hall–Kier alpha value is -2.87. The van der Waals surface area contributed by atoms with Crippen LogP contribution < -0.4 is 10.6 Å². The summed E-state index contributed by atoms with van der Waals surface area (Å²) in [5, 5.41) is 3.66. The molecule has 0 saturated heterocycles. The van der Waals surface area contributed by atoms with Crippen molar-refractivity contribution in [2.45, 2.75) is 44.5 Å². The van der Waals surface area contributed by atoms with Crippen molar-refractivity contribution < 1.29 is 39.5 Å². The lowest BCUT2D eigenvalue weighted by molar-refractivity contribution is -0.141. The number of halogens is 9. The smallest absolute Gasteiger partial charge is 0.343 e. The molecule has 0 aliphatic carbocycles. The minimum absolute atomic E-state index is 0.530. The first-order valence-corrected chi connectivity index (χ1v) is 8.04. The van der Waals surface area contributed by atoms with Gasteiger partial charge >= 0.3 is 18.5 Å². The van der Waals surface area contributed by atoms with E-state index < -0.39 is 59.7 Å². The summed E-state index contributed by atoms with van der Waals surface area (Å²) < 4.78 is 115. The van der Waals surface area contributed by atoms with E-state index >= 15 is 0 Å². The number of aromatic nitrogens is 4. The molecule has 2 N–H and O–H groups in total. The molecule has 2 atom stereocenters. The van der Waals surface area contributed by atoms with Crippen molar-refractivity contribution in [3.8, 4) is 11.5 Å². The second-order valence-electron chi connectivity index (χ2n) is 6.03. The van der Waals surface area contributed by atoms with Gasteiger partial charge in [0.05, 0.1) is 0 Å². The zero-order chi connectivity index (χ0) is 22.9. The minimum atomic E-state index is -4.85. The van der Waals surface area contributed by atoms with Crippen LogP contribution in [0.2, 0.25) is 0 Å². The van der Waals surface area contributed by atoms with Gasteiger partial charge in [0.1, 0.15) is 23.5 Å². The van der Waals surface area contributed by atoms with Gasteiger partial charge in [-0.15, -0.1) is 0 Å². The van der Waals surface area contributed by atoms with Gasteiger partial charge in [-0.1, -0.05) is 6.07 Å². The molecule has 0 radical (unpaired) electrons. The van der Waals surface area contributed by atoms with E-state index in [0.717, 1.165) is 12.1 Å². The summed E-state index contributed by atoms with van der Waals surface area (Å²) in [5.41, 5.74) is -1.88. The average Bonchev–Trinajstić information content (AvgIpc) is 2.59. The lowest BCUT2D eigenvalue weighted by atomic mass is 10.3. The highest BCUT2D eigenvalue weighted by Crippen LogP contribution is 2.30. The zero-order valence-electron chi connectivity index (χ0n) is 15.1. The number of anilines is 2. The van der Waals surface area contributed by atoms with Crippen molar-refractivity contribution in [1.82, 2.24) is 19.9 Å². The Kier molecular flexibility index (Phi) is 6.32. The first-order chi connectivity index (χ1) is 13.6. The van der Waals surface area contributed by atoms with E-state index in [1.165, 1.54) is 0 Å². The number of hydrogen-bond donors (Lipinski definition) is 2. The summed E-state index contributed by atoms with van der Waals surface area (Å²) in [4.78, 5) is 13.8. The SMILES string of the molecule is CC(Nc1nc(NC(C)C(F)(F)F)nc(-c2cccc(C(F)(F)F)n2)n1)C(F)(F)F. The summed E-state index contributed by atoms with van der Waals surface area (Å²) in [6.07, 6.45) is -14.4. The highest BCUT2D eigenvalue weighted by atomic mass is 19.4. The topological polar surface area (TPSA) is 75.6 Å². The number of rotatable bonds is 5. The molecule has 6 nitrogen and oxygen atoms in total. The maximum Gasteiger partial charge on any atom is 0.433 e. The molecule has 0 saturated carbocycles. The van der Waals surface area contributed by atoms with Crippen LogP contribution in [-0.2, 0) is 6.18 Å². The first kappa shape index (κ1) is 23.4. The Balaban J connectivity index is 2.51.